The number of hydrogen-bond donors (Lipinski definition) is 1. The smallest absolute Gasteiger partial charge is 0.0935 e. The van der Waals surface area contributed by atoms with Crippen LogP contribution in [0.5, 0.6) is 0 Å². The van der Waals surface area contributed by atoms with Crippen LogP contribution in [0, 0.1) is 0 Å². The molecule has 1 aromatic rings. The molecule has 0 radical (unpaired) electrons. The van der Waals surface area contributed by atoms with Gasteiger partial charge < -0.3 is 14.3 Å². The summed E-state index contributed by atoms with van der Waals surface area (Å²) in [5, 5.41) is 9.43. The third kappa shape index (κ3) is 3.07. The lowest BCUT2D eigenvalue weighted by molar-refractivity contribution is 0.110. The van der Waals surface area contributed by atoms with Gasteiger partial charge in [-0.15, -0.1) is 0 Å². The van der Waals surface area contributed by atoms with Gasteiger partial charge in [-0.3, -0.25) is 0 Å². The molecular weight excluding hydrogens is 156 g/mol. The summed E-state index contributed by atoms with van der Waals surface area (Å²) in [6, 6.07) is 1.86. The molecule has 0 saturated heterocycles. The van der Waals surface area contributed by atoms with Crippen LogP contribution in [0.4, 0.5) is 0 Å². The number of ether oxygens (including phenoxy) is 1. The zero-order valence-corrected chi connectivity index (χ0v) is 7.19. The molecule has 0 aliphatic rings. The van der Waals surface area contributed by atoms with Crippen molar-refractivity contribution < 1.29 is 14.3 Å². The quantitative estimate of drug-likeness (QED) is 0.722. The maximum Gasteiger partial charge on any atom is 0.0935 e. The lowest BCUT2D eigenvalue weighted by Gasteiger charge is -2.07. The van der Waals surface area contributed by atoms with Gasteiger partial charge in [-0.25, -0.2) is 0 Å². The Kier molecular flexibility index (Phi) is 3.84. The first-order chi connectivity index (χ1) is 5.83. The molecule has 0 amide bonds. The first-order valence-electron chi connectivity index (χ1n) is 4.01. The Hall–Kier alpha value is -0.800. The molecule has 3 heteroatoms. The van der Waals surface area contributed by atoms with Gasteiger partial charge in [-0.2, -0.15) is 0 Å². The van der Waals surface area contributed by atoms with E-state index in [0.29, 0.717) is 19.4 Å². The Morgan fingerprint density at radius 1 is 1.67 bits per heavy atom. The van der Waals surface area contributed by atoms with E-state index in [2.05, 4.69) is 0 Å². The van der Waals surface area contributed by atoms with Crippen LogP contribution in [-0.2, 0) is 11.2 Å². The summed E-state index contributed by atoms with van der Waals surface area (Å²) in [5.74, 6) is 0. The van der Waals surface area contributed by atoms with Crippen molar-refractivity contribution in [3.63, 3.8) is 0 Å². The zero-order valence-electron chi connectivity index (χ0n) is 7.19. The Balaban J connectivity index is 2.22. The van der Waals surface area contributed by atoms with Crippen molar-refractivity contribution in [1.29, 1.82) is 0 Å². The monoisotopic (exact) mass is 170 g/mol. The summed E-state index contributed by atoms with van der Waals surface area (Å²) in [7, 11) is 1.63. The molecule has 0 aliphatic carbocycles. The summed E-state index contributed by atoms with van der Waals surface area (Å²) >= 11 is 0. The number of methoxy groups -OCH3 is 1. The van der Waals surface area contributed by atoms with Gasteiger partial charge in [0, 0.05) is 20.1 Å². The van der Waals surface area contributed by atoms with Crippen LogP contribution in [0.2, 0.25) is 0 Å². The van der Waals surface area contributed by atoms with E-state index in [1.54, 1.807) is 19.6 Å². The SMILES string of the molecule is COCCC(O)Cc1ccoc1. The van der Waals surface area contributed by atoms with Crippen LogP contribution < -0.4 is 0 Å². The molecule has 0 spiro atoms. The highest BCUT2D eigenvalue weighted by Crippen LogP contribution is 2.06. The van der Waals surface area contributed by atoms with Gasteiger partial charge in [0.25, 0.3) is 0 Å². The van der Waals surface area contributed by atoms with Crippen molar-refractivity contribution in [1.82, 2.24) is 0 Å². The van der Waals surface area contributed by atoms with Crippen LogP contribution >= 0.6 is 0 Å². The molecular formula is C9H14O3. The fraction of sp³-hybridized carbons (Fsp3) is 0.556. The number of aliphatic hydroxyl groups excluding tert-OH is 1. The number of hydrogen-bond acceptors (Lipinski definition) is 3. The van der Waals surface area contributed by atoms with Gasteiger partial charge in [0.15, 0.2) is 0 Å². The molecule has 1 heterocycles. The van der Waals surface area contributed by atoms with Crippen molar-refractivity contribution in [2.75, 3.05) is 13.7 Å². The van der Waals surface area contributed by atoms with E-state index >= 15 is 0 Å². The van der Waals surface area contributed by atoms with Gasteiger partial charge in [-0.05, 0) is 18.1 Å². The largest absolute Gasteiger partial charge is 0.472 e. The van der Waals surface area contributed by atoms with Crippen LogP contribution in [-0.4, -0.2) is 24.9 Å². The Morgan fingerprint density at radius 2 is 2.50 bits per heavy atom. The van der Waals surface area contributed by atoms with Crippen LogP contribution in [0.15, 0.2) is 23.0 Å². The Morgan fingerprint density at radius 3 is 3.08 bits per heavy atom. The zero-order chi connectivity index (χ0) is 8.81. The molecule has 0 aliphatic heterocycles. The predicted octanol–water partition coefficient (Wildman–Crippen LogP) is 1.22. The summed E-state index contributed by atoms with van der Waals surface area (Å²) in [5.41, 5.74) is 1.03. The van der Waals surface area contributed by atoms with Crippen molar-refractivity contribution in [2.24, 2.45) is 0 Å². The minimum Gasteiger partial charge on any atom is -0.472 e. The van der Waals surface area contributed by atoms with Crippen molar-refractivity contribution >= 4 is 0 Å². The third-order valence-corrected chi connectivity index (χ3v) is 1.71. The van der Waals surface area contributed by atoms with Crippen LogP contribution in [0.25, 0.3) is 0 Å². The second kappa shape index (κ2) is 4.95. The fourth-order valence-corrected chi connectivity index (χ4v) is 1.04. The molecule has 3 nitrogen and oxygen atoms in total. The minimum absolute atomic E-state index is 0.331. The molecule has 0 bridgehead atoms. The van der Waals surface area contributed by atoms with Crippen molar-refractivity contribution in [3.8, 4) is 0 Å². The van der Waals surface area contributed by atoms with Crippen LogP contribution in [0.1, 0.15) is 12.0 Å². The normalized spacial score (nSPS) is 13.2. The van der Waals surface area contributed by atoms with Gasteiger partial charge >= 0.3 is 0 Å². The van der Waals surface area contributed by atoms with E-state index in [0.717, 1.165) is 5.56 Å². The molecule has 1 N–H and O–H groups in total. The van der Waals surface area contributed by atoms with E-state index in [1.807, 2.05) is 6.07 Å². The molecule has 0 saturated carbocycles. The molecule has 68 valence electrons. The maximum absolute atomic E-state index is 9.43. The van der Waals surface area contributed by atoms with Gasteiger partial charge in [0.05, 0.1) is 18.6 Å². The lowest BCUT2D eigenvalue weighted by Crippen LogP contribution is -2.12. The average Bonchev–Trinajstić information content (AvgIpc) is 2.53. The second-order valence-electron chi connectivity index (χ2n) is 2.77. The molecule has 1 unspecified atom stereocenters. The summed E-state index contributed by atoms with van der Waals surface area (Å²) in [6.45, 7) is 0.596. The Labute approximate surface area is 72.0 Å². The summed E-state index contributed by atoms with van der Waals surface area (Å²) < 4.78 is 9.73. The molecule has 1 rings (SSSR count). The minimum atomic E-state index is -0.331. The first kappa shape index (κ1) is 9.29. The number of furan rings is 1. The number of rotatable bonds is 5. The molecule has 0 aromatic carbocycles. The van der Waals surface area contributed by atoms with E-state index in [4.69, 9.17) is 9.15 Å². The topological polar surface area (TPSA) is 42.6 Å². The van der Waals surface area contributed by atoms with Crippen LogP contribution in [0.3, 0.4) is 0 Å². The fourth-order valence-electron chi connectivity index (χ4n) is 1.04. The molecule has 0 fully saturated rings. The third-order valence-electron chi connectivity index (χ3n) is 1.71. The van der Waals surface area contributed by atoms with Gasteiger partial charge in [0.2, 0.25) is 0 Å². The van der Waals surface area contributed by atoms with Crippen molar-refractivity contribution in [3.05, 3.63) is 24.2 Å². The molecule has 1 atom stereocenters. The highest BCUT2D eigenvalue weighted by Gasteiger charge is 2.05. The lowest BCUT2D eigenvalue weighted by atomic mass is 10.1. The highest BCUT2D eigenvalue weighted by atomic mass is 16.5. The number of aliphatic hydroxyl groups is 1. The maximum atomic E-state index is 9.43. The predicted molar refractivity (Wildman–Crippen MR) is 44.9 cm³/mol. The second-order valence-corrected chi connectivity index (χ2v) is 2.77. The van der Waals surface area contributed by atoms with E-state index in [9.17, 15) is 5.11 Å². The van der Waals surface area contributed by atoms with E-state index < -0.39 is 0 Å². The standard InChI is InChI=1S/C9H14O3/c1-11-4-3-9(10)6-8-2-5-12-7-8/h2,5,7,9-10H,3-4,6H2,1H3. The summed E-state index contributed by atoms with van der Waals surface area (Å²) in [4.78, 5) is 0. The van der Waals surface area contributed by atoms with Gasteiger partial charge in [0.1, 0.15) is 0 Å². The highest BCUT2D eigenvalue weighted by molar-refractivity contribution is 5.06. The van der Waals surface area contributed by atoms with E-state index in [1.165, 1.54) is 0 Å². The average molecular weight is 170 g/mol. The first-order valence-corrected chi connectivity index (χ1v) is 4.01. The van der Waals surface area contributed by atoms with Gasteiger partial charge in [-0.1, -0.05) is 0 Å². The van der Waals surface area contributed by atoms with Crippen molar-refractivity contribution in [2.45, 2.75) is 18.9 Å². The summed E-state index contributed by atoms with van der Waals surface area (Å²) in [6.07, 6.45) is 4.23. The molecule has 12 heavy (non-hydrogen) atoms. The Bertz CT molecular complexity index is 194. The molecule has 1 aromatic heterocycles. The van der Waals surface area contributed by atoms with E-state index in [-0.39, 0.29) is 6.10 Å².